The molecule has 21 heavy (non-hydrogen) atoms. The number of nitrogens with zero attached hydrogens (tertiary/aromatic N) is 3. The van der Waals surface area contributed by atoms with Gasteiger partial charge in [0.05, 0.1) is 0 Å². The van der Waals surface area contributed by atoms with Crippen LogP contribution in [0.3, 0.4) is 0 Å². The van der Waals surface area contributed by atoms with Gasteiger partial charge in [-0.05, 0) is 13.1 Å². The first-order valence-electron chi connectivity index (χ1n) is 7.75. The lowest BCUT2D eigenvalue weighted by Crippen LogP contribution is -2.45. The van der Waals surface area contributed by atoms with E-state index in [0.29, 0.717) is 12.5 Å². The molecule has 6 heteroatoms. The van der Waals surface area contributed by atoms with E-state index in [4.69, 9.17) is 4.74 Å². The summed E-state index contributed by atoms with van der Waals surface area (Å²) in [5.41, 5.74) is 0. The quantitative estimate of drug-likeness (QED) is 0.646. The second kappa shape index (κ2) is 6.85. The van der Waals surface area contributed by atoms with Crippen molar-refractivity contribution in [2.45, 2.75) is 32.4 Å². The van der Waals surface area contributed by atoms with Crippen molar-refractivity contribution in [1.82, 2.24) is 9.47 Å². The molecule has 0 aliphatic carbocycles. The molecular formula is C15H29N3O2Si. The van der Waals surface area contributed by atoms with Crippen LogP contribution >= 0.6 is 0 Å². The van der Waals surface area contributed by atoms with Crippen LogP contribution in [-0.4, -0.2) is 62.5 Å². The lowest BCUT2D eigenvalue weighted by Gasteiger charge is -2.34. The van der Waals surface area contributed by atoms with Gasteiger partial charge in [-0.15, -0.1) is 0 Å². The van der Waals surface area contributed by atoms with Crippen LogP contribution in [0.15, 0.2) is 12.3 Å². The van der Waals surface area contributed by atoms with Crippen LogP contribution in [0.1, 0.15) is 0 Å². The summed E-state index contributed by atoms with van der Waals surface area (Å²) >= 11 is 0. The van der Waals surface area contributed by atoms with Crippen molar-refractivity contribution < 1.29 is 9.84 Å². The standard InChI is InChI=1S/C15H29N3O2Si/c1-16-5-7-17(8-6-16)15-11-14(19)12-18(15)13-20-9-10-21(2,3)4/h11-12,19H,5-10,13H2,1-4H3. The molecule has 2 rings (SSSR count). The van der Waals surface area contributed by atoms with Gasteiger partial charge in [0.1, 0.15) is 18.3 Å². The summed E-state index contributed by atoms with van der Waals surface area (Å²) < 4.78 is 7.83. The summed E-state index contributed by atoms with van der Waals surface area (Å²) in [6, 6.07) is 3.01. The van der Waals surface area contributed by atoms with E-state index >= 15 is 0 Å². The minimum atomic E-state index is -1.04. The van der Waals surface area contributed by atoms with E-state index in [1.807, 2.05) is 10.6 Å². The zero-order valence-electron chi connectivity index (χ0n) is 13.8. The lowest BCUT2D eigenvalue weighted by atomic mass is 10.3. The molecule has 1 saturated heterocycles. The molecule has 1 fully saturated rings. The van der Waals surface area contributed by atoms with Crippen molar-refractivity contribution >= 4 is 13.9 Å². The lowest BCUT2D eigenvalue weighted by molar-refractivity contribution is 0.0877. The summed E-state index contributed by atoms with van der Waals surface area (Å²) in [7, 11) is 1.10. The molecule has 0 atom stereocenters. The van der Waals surface area contributed by atoms with Crippen LogP contribution in [-0.2, 0) is 11.5 Å². The summed E-state index contributed by atoms with van der Waals surface area (Å²) in [5, 5.41) is 9.80. The number of hydrogen-bond acceptors (Lipinski definition) is 4. The van der Waals surface area contributed by atoms with Gasteiger partial charge in [0.2, 0.25) is 0 Å². The van der Waals surface area contributed by atoms with E-state index < -0.39 is 8.07 Å². The second-order valence-electron chi connectivity index (χ2n) is 7.16. The first-order chi connectivity index (χ1) is 9.85. The molecule has 0 spiro atoms. The molecule has 0 aromatic carbocycles. The number of likely N-dealkylation sites (N-methyl/N-ethyl adjacent to an activating group) is 1. The summed E-state index contributed by atoms with van der Waals surface area (Å²) in [6.45, 7) is 12.5. The SMILES string of the molecule is CN1CCN(c2cc(O)cn2COCC[Si](C)(C)C)CC1. The number of aromatic nitrogens is 1. The van der Waals surface area contributed by atoms with Crippen molar-refractivity contribution in [2.24, 2.45) is 0 Å². The molecule has 0 amide bonds. The van der Waals surface area contributed by atoms with Crippen molar-refractivity contribution in [3.8, 4) is 5.75 Å². The Balaban J connectivity index is 1.91. The van der Waals surface area contributed by atoms with Crippen LogP contribution in [0.5, 0.6) is 5.75 Å². The fraction of sp³-hybridized carbons (Fsp3) is 0.733. The van der Waals surface area contributed by atoms with Gasteiger partial charge in [-0.3, -0.25) is 0 Å². The van der Waals surface area contributed by atoms with Crippen LogP contribution < -0.4 is 4.90 Å². The number of rotatable bonds is 6. The summed E-state index contributed by atoms with van der Waals surface area (Å²) in [4.78, 5) is 4.65. The first kappa shape index (κ1) is 16.4. The number of hydrogen-bond donors (Lipinski definition) is 1. The van der Waals surface area contributed by atoms with Gasteiger partial charge in [0, 0.05) is 53.1 Å². The van der Waals surface area contributed by atoms with E-state index in [9.17, 15) is 5.11 Å². The predicted molar refractivity (Wildman–Crippen MR) is 89.9 cm³/mol. The molecule has 0 unspecified atom stereocenters. The third-order valence-corrected chi connectivity index (χ3v) is 5.62. The fourth-order valence-electron chi connectivity index (χ4n) is 2.43. The highest BCUT2D eigenvalue weighted by Gasteiger charge is 2.18. The summed E-state index contributed by atoms with van der Waals surface area (Å²) in [5.74, 6) is 1.38. The average molecular weight is 312 g/mol. The normalized spacial score (nSPS) is 17.4. The van der Waals surface area contributed by atoms with Crippen LogP contribution in [0.4, 0.5) is 5.82 Å². The number of aromatic hydroxyl groups is 1. The van der Waals surface area contributed by atoms with E-state index in [0.717, 1.165) is 38.6 Å². The highest BCUT2D eigenvalue weighted by Crippen LogP contribution is 2.24. The highest BCUT2D eigenvalue weighted by molar-refractivity contribution is 6.76. The van der Waals surface area contributed by atoms with Gasteiger partial charge < -0.3 is 24.2 Å². The van der Waals surface area contributed by atoms with Crippen LogP contribution in [0.2, 0.25) is 25.7 Å². The Morgan fingerprint density at radius 3 is 2.48 bits per heavy atom. The Hall–Kier alpha value is -0.983. The smallest absolute Gasteiger partial charge is 0.135 e. The number of anilines is 1. The van der Waals surface area contributed by atoms with Crippen LogP contribution in [0.25, 0.3) is 0 Å². The van der Waals surface area contributed by atoms with Crippen molar-refractivity contribution in [3.63, 3.8) is 0 Å². The minimum absolute atomic E-state index is 0.317. The van der Waals surface area contributed by atoms with E-state index in [1.165, 1.54) is 6.04 Å². The third-order valence-electron chi connectivity index (χ3n) is 3.91. The Kier molecular flexibility index (Phi) is 5.35. The maximum Gasteiger partial charge on any atom is 0.135 e. The molecule has 0 saturated carbocycles. The van der Waals surface area contributed by atoms with Gasteiger partial charge in [0.25, 0.3) is 0 Å². The van der Waals surface area contributed by atoms with Crippen molar-refractivity contribution in [2.75, 3.05) is 44.7 Å². The molecule has 0 radical (unpaired) electrons. The van der Waals surface area contributed by atoms with E-state index in [1.54, 1.807) is 6.20 Å². The minimum Gasteiger partial charge on any atom is -0.506 e. The molecule has 1 aromatic heterocycles. The maximum absolute atomic E-state index is 9.80. The largest absolute Gasteiger partial charge is 0.506 e. The van der Waals surface area contributed by atoms with Gasteiger partial charge in [-0.25, -0.2) is 0 Å². The third kappa shape index (κ3) is 5.05. The molecule has 120 valence electrons. The van der Waals surface area contributed by atoms with Gasteiger partial charge in [-0.2, -0.15) is 0 Å². The molecule has 2 heterocycles. The zero-order chi connectivity index (χ0) is 15.5. The number of ether oxygens (including phenoxy) is 1. The van der Waals surface area contributed by atoms with Gasteiger partial charge in [0.15, 0.2) is 0 Å². The van der Waals surface area contributed by atoms with Crippen molar-refractivity contribution in [1.29, 1.82) is 0 Å². The monoisotopic (exact) mass is 311 g/mol. The van der Waals surface area contributed by atoms with Gasteiger partial charge >= 0.3 is 0 Å². The van der Waals surface area contributed by atoms with Gasteiger partial charge in [-0.1, -0.05) is 19.6 Å². The van der Waals surface area contributed by atoms with Crippen LogP contribution in [0, 0.1) is 0 Å². The highest BCUT2D eigenvalue weighted by atomic mass is 28.3. The summed E-state index contributed by atoms with van der Waals surface area (Å²) in [6.07, 6.45) is 1.77. The molecule has 1 aromatic rings. The Labute approximate surface area is 129 Å². The van der Waals surface area contributed by atoms with E-state index in [-0.39, 0.29) is 0 Å². The van der Waals surface area contributed by atoms with Crippen molar-refractivity contribution in [3.05, 3.63) is 12.3 Å². The average Bonchev–Trinajstić information content (AvgIpc) is 2.76. The molecule has 0 bridgehead atoms. The Bertz CT molecular complexity index is 448. The number of piperazine rings is 1. The second-order valence-corrected chi connectivity index (χ2v) is 12.8. The molecule has 5 nitrogen and oxygen atoms in total. The van der Waals surface area contributed by atoms with E-state index in [2.05, 4.69) is 36.5 Å². The first-order valence-corrected chi connectivity index (χ1v) is 11.5. The molecule has 1 aliphatic rings. The molecule has 1 aliphatic heterocycles. The maximum atomic E-state index is 9.80. The zero-order valence-corrected chi connectivity index (χ0v) is 14.8. The predicted octanol–water partition coefficient (Wildman–Crippen LogP) is 2.26. The Morgan fingerprint density at radius 2 is 1.86 bits per heavy atom. The molecular weight excluding hydrogens is 282 g/mol. The fourth-order valence-corrected chi connectivity index (χ4v) is 3.19. The molecule has 1 N–H and O–H groups in total. The topological polar surface area (TPSA) is 40.9 Å². The Morgan fingerprint density at radius 1 is 1.19 bits per heavy atom.